The first-order valence-electron chi connectivity index (χ1n) is 5.59. The number of aromatic amines is 1. The van der Waals surface area contributed by atoms with Crippen molar-refractivity contribution in [2.45, 2.75) is 13.3 Å². The number of H-pyrrole nitrogens is 1. The van der Waals surface area contributed by atoms with Crippen LogP contribution >= 0.6 is 0 Å². The van der Waals surface area contributed by atoms with E-state index in [1.165, 1.54) is 6.07 Å². The van der Waals surface area contributed by atoms with Crippen LogP contribution < -0.4 is 11.0 Å². The van der Waals surface area contributed by atoms with E-state index in [0.29, 0.717) is 5.82 Å². The van der Waals surface area contributed by atoms with E-state index in [1.54, 1.807) is 0 Å². The summed E-state index contributed by atoms with van der Waals surface area (Å²) in [5, 5.41) is 11.8. The Kier molecular flexibility index (Phi) is 3.39. The Hall–Kier alpha value is -2.61. The van der Waals surface area contributed by atoms with E-state index in [1.807, 2.05) is 37.3 Å². The van der Waals surface area contributed by atoms with Crippen molar-refractivity contribution < 1.29 is 0 Å². The Bertz CT molecular complexity index is 655. The van der Waals surface area contributed by atoms with E-state index in [2.05, 4.69) is 15.3 Å². The molecule has 1 aromatic heterocycles. The number of nitriles is 1. The fourth-order valence-electron chi connectivity index (χ4n) is 1.67. The van der Waals surface area contributed by atoms with Crippen molar-refractivity contribution in [2.75, 3.05) is 5.32 Å². The molecule has 90 valence electrons. The lowest BCUT2D eigenvalue weighted by atomic mass is 10.1. The molecule has 0 unspecified atom stereocenters. The Morgan fingerprint density at radius 3 is 2.94 bits per heavy atom. The van der Waals surface area contributed by atoms with Crippen LogP contribution in [-0.4, -0.2) is 9.97 Å². The molecule has 0 aliphatic heterocycles. The summed E-state index contributed by atoms with van der Waals surface area (Å²) in [6.45, 7) is 2.05. The number of anilines is 2. The minimum atomic E-state index is -0.537. The summed E-state index contributed by atoms with van der Waals surface area (Å²) in [7, 11) is 0. The molecule has 0 amide bonds. The van der Waals surface area contributed by atoms with Gasteiger partial charge in [0.15, 0.2) is 0 Å². The molecular weight excluding hydrogens is 228 g/mol. The average Bonchev–Trinajstić information content (AvgIpc) is 2.38. The third kappa shape index (κ3) is 2.55. The van der Waals surface area contributed by atoms with Crippen LogP contribution in [0.1, 0.15) is 18.2 Å². The lowest BCUT2D eigenvalue weighted by Gasteiger charge is -2.09. The summed E-state index contributed by atoms with van der Waals surface area (Å²) >= 11 is 0. The number of nitrogens with zero attached hydrogens (tertiary/aromatic N) is 2. The van der Waals surface area contributed by atoms with Crippen LogP contribution in [0.25, 0.3) is 0 Å². The summed E-state index contributed by atoms with van der Waals surface area (Å²) in [5.41, 5.74) is 1.66. The van der Waals surface area contributed by atoms with Gasteiger partial charge in [-0.1, -0.05) is 25.1 Å². The molecule has 18 heavy (non-hydrogen) atoms. The van der Waals surface area contributed by atoms with Gasteiger partial charge in [0.05, 0.1) is 0 Å². The lowest BCUT2D eigenvalue weighted by Crippen LogP contribution is -2.13. The largest absolute Gasteiger partial charge is 0.347 e. The van der Waals surface area contributed by atoms with Crippen LogP contribution in [0, 0.1) is 11.3 Å². The molecule has 0 atom stereocenters. The smallest absolute Gasteiger partial charge is 0.340 e. The molecule has 2 N–H and O–H groups in total. The highest BCUT2D eigenvalue weighted by molar-refractivity contribution is 5.60. The summed E-state index contributed by atoms with van der Waals surface area (Å²) < 4.78 is 0. The van der Waals surface area contributed by atoms with Crippen LogP contribution in [0.5, 0.6) is 0 Å². The van der Waals surface area contributed by atoms with Crippen LogP contribution in [0.4, 0.5) is 11.5 Å². The first-order chi connectivity index (χ1) is 8.72. The van der Waals surface area contributed by atoms with E-state index in [0.717, 1.165) is 17.7 Å². The highest BCUT2D eigenvalue weighted by Gasteiger charge is 2.03. The molecule has 0 aliphatic carbocycles. The predicted molar refractivity (Wildman–Crippen MR) is 68.7 cm³/mol. The zero-order valence-corrected chi connectivity index (χ0v) is 9.90. The number of benzene rings is 1. The summed E-state index contributed by atoms with van der Waals surface area (Å²) in [6.07, 6.45) is 0.872. The SMILES string of the molecule is CCc1ccccc1Nc1cc(C#N)[nH]c(=O)n1. The highest BCUT2D eigenvalue weighted by Crippen LogP contribution is 2.19. The average molecular weight is 240 g/mol. The second kappa shape index (κ2) is 5.15. The molecule has 0 saturated carbocycles. The molecule has 1 aromatic carbocycles. The summed E-state index contributed by atoms with van der Waals surface area (Å²) in [6, 6.07) is 11.2. The maximum atomic E-state index is 11.3. The minimum absolute atomic E-state index is 0.187. The maximum Gasteiger partial charge on any atom is 0.347 e. The molecular formula is C13H12N4O. The molecule has 1 heterocycles. The normalized spacial score (nSPS) is 9.78. The number of hydrogen-bond acceptors (Lipinski definition) is 4. The van der Waals surface area contributed by atoms with Gasteiger partial charge in [-0.15, -0.1) is 0 Å². The zero-order chi connectivity index (χ0) is 13.0. The molecule has 0 fully saturated rings. The number of aromatic nitrogens is 2. The van der Waals surface area contributed by atoms with E-state index >= 15 is 0 Å². The molecule has 0 spiro atoms. The third-order valence-electron chi connectivity index (χ3n) is 2.53. The van der Waals surface area contributed by atoms with E-state index in [9.17, 15) is 4.79 Å². The van der Waals surface area contributed by atoms with Crippen molar-refractivity contribution in [3.8, 4) is 6.07 Å². The van der Waals surface area contributed by atoms with Gasteiger partial charge < -0.3 is 5.32 Å². The number of rotatable bonds is 3. The summed E-state index contributed by atoms with van der Waals surface area (Å²) in [4.78, 5) is 17.4. The van der Waals surface area contributed by atoms with Gasteiger partial charge in [0.25, 0.3) is 0 Å². The van der Waals surface area contributed by atoms with Crippen molar-refractivity contribution in [1.82, 2.24) is 9.97 Å². The topological polar surface area (TPSA) is 81.6 Å². The van der Waals surface area contributed by atoms with Gasteiger partial charge in [0, 0.05) is 11.8 Å². The van der Waals surface area contributed by atoms with Crippen LogP contribution in [-0.2, 0) is 6.42 Å². The molecule has 0 aliphatic rings. The van der Waals surface area contributed by atoms with E-state index in [-0.39, 0.29) is 5.69 Å². The van der Waals surface area contributed by atoms with E-state index < -0.39 is 5.69 Å². The Balaban J connectivity index is 2.37. The highest BCUT2D eigenvalue weighted by atomic mass is 16.1. The zero-order valence-electron chi connectivity index (χ0n) is 9.90. The second-order valence-electron chi connectivity index (χ2n) is 3.73. The number of aryl methyl sites for hydroxylation is 1. The van der Waals surface area contributed by atoms with Gasteiger partial charge in [-0.3, -0.25) is 4.98 Å². The van der Waals surface area contributed by atoms with Crippen LogP contribution in [0.2, 0.25) is 0 Å². The lowest BCUT2D eigenvalue weighted by molar-refractivity contribution is 1.05. The Morgan fingerprint density at radius 1 is 1.44 bits per heavy atom. The molecule has 0 radical (unpaired) electrons. The molecule has 2 aromatic rings. The standard InChI is InChI=1S/C13H12N4O/c1-2-9-5-3-4-6-11(9)16-12-7-10(8-14)15-13(18)17-12/h3-7H,2H2,1H3,(H2,15,16,17,18). The molecule has 0 saturated heterocycles. The number of para-hydroxylation sites is 1. The Morgan fingerprint density at radius 2 is 2.22 bits per heavy atom. The van der Waals surface area contributed by atoms with Gasteiger partial charge in [-0.25, -0.2) is 4.79 Å². The van der Waals surface area contributed by atoms with Gasteiger partial charge >= 0.3 is 5.69 Å². The second-order valence-corrected chi connectivity index (χ2v) is 3.73. The first kappa shape index (κ1) is 11.9. The van der Waals surface area contributed by atoms with E-state index in [4.69, 9.17) is 5.26 Å². The van der Waals surface area contributed by atoms with Crippen molar-refractivity contribution in [3.63, 3.8) is 0 Å². The molecule has 5 nitrogen and oxygen atoms in total. The predicted octanol–water partition coefficient (Wildman–Crippen LogP) is 1.95. The summed E-state index contributed by atoms with van der Waals surface area (Å²) in [5.74, 6) is 0.371. The fraction of sp³-hybridized carbons (Fsp3) is 0.154. The van der Waals surface area contributed by atoms with Gasteiger partial charge in [0.2, 0.25) is 0 Å². The van der Waals surface area contributed by atoms with Crippen molar-refractivity contribution in [1.29, 1.82) is 5.26 Å². The van der Waals surface area contributed by atoms with Gasteiger partial charge in [-0.2, -0.15) is 10.2 Å². The van der Waals surface area contributed by atoms with Crippen LogP contribution in [0.15, 0.2) is 35.1 Å². The quantitative estimate of drug-likeness (QED) is 0.859. The number of nitrogens with one attached hydrogen (secondary N) is 2. The third-order valence-corrected chi connectivity index (χ3v) is 2.53. The monoisotopic (exact) mass is 240 g/mol. The van der Waals surface area contributed by atoms with Gasteiger partial charge in [-0.05, 0) is 18.1 Å². The molecule has 2 rings (SSSR count). The fourth-order valence-corrected chi connectivity index (χ4v) is 1.67. The molecule has 5 heteroatoms. The maximum absolute atomic E-state index is 11.3. The van der Waals surface area contributed by atoms with Gasteiger partial charge in [0.1, 0.15) is 17.6 Å². The number of hydrogen-bond donors (Lipinski definition) is 2. The Labute approximate surface area is 104 Å². The van der Waals surface area contributed by atoms with Crippen LogP contribution in [0.3, 0.4) is 0 Å². The van der Waals surface area contributed by atoms with Crippen molar-refractivity contribution in [3.05, 3.63) is 52.1 Å². The molecule has 0 bridgehead atoms. The van der Waals surface area contributed by atoms with Crippen molar-refractivity contribution >= 4 is 11.5 Å². The van der Waals surface area contributed by atoms with Crippen molar-refractivity contribution in [2.24, 2.45) is 0 Å². The minimum Gasteiger partial charge on any atom is -0.340 e. The first-order valence-corrected chi connectivity index (χ1v) is 5.59.